The number of ether oxygens (including phenoxy) is 1. The van der Waals surface area contributed by atoms with Crippen molar-refractivity contribution >= 4 is 11.9 Å². The summed E-state index contributed by atoms with van der Waals surface area (Å²) in [5.74, 6) is 2.41. The van der Waals surface area contributed by atoms with Crippen molar-refractivity contribution in [3.8, 4) is 0 Å². The zero-order chi connectivity index (χ0) is 23.3. The quantitative estimate of drug-likeness (QED) is 0.529. The Kier molecular flexibility index (Phi) is 6.68. The third kappa shape index (κ3) is 4.00. The van der Waals surface area contributed by atoms with Gasteiger partial charge in [0.25, 0.3) is 0 Å². The Balaban J connectivity index is 1.45. The Morgan fingerprint density at radius 2 is 1.72 bits per heavy atom. The molecule has 5 unspecified atom stereocenters. The van der Waals surface area contributed by atoms with Crippen LogP contribution in [-0.4, -0.2) is 40.9 Å². The van der Waals surface area contributed by atoms with Gasteiger partial charge in [0.1, 0.15) is 12.1 Å². The summed E-state index contributed by atoms with van der Waals surface area (Å²) < 4.78 is 5.66. The van der Waals surface area contributed by atoms with Gasteiger partial charge >= 0.3 is 11.9 Å². The standard InChI is InChI=1S/C26H43NO5/c1-15(12-23(29)30)19-6-7-20-18-5-4-16-13-17(32-24(31)22(27)14-28)8-10-25(16,2)21(18)9-11-26(19,20)3/h15-22,28H,4-14,27H2,1-3H3,(H,29,30)/t15-,16?,17-,18?,19?,20?,21?,22+,25+,26-/m1/s1. The highest BCUT2D eigenvalue weighted by atomic mass is 16.5. The predicted octanol–water partition coefficient (Wildman–Crippen LogP) is 3.99. The molecule has 0 saturated heterocycles. The molecule has 0 radical (unpaired) electrons. The summed E-state index contributed by atoms with van der Waals surface area (Å²) >= 11 is 0. The molecule has 4 saturated carbocycles. The van der Waals surface area contributed by atoms with E-state index in [0.717, 1.165) is 37.0 Å². The monoisotopic (exact) mass is 449 g/mol. The van der Waals surface area contributed by atoms with Crippen LogP contribution in [0.4, 0.5) is 0 Å². The second-order valence-corrected chi connectivity index (χ2v) is 12.1. The first-order chi connectivity index (χ1) is 15.1. The number of aliphatic hydroxyl groups is 1. The van der Waals surface area contributed by atoms with Crippen LogP contribution in [-0.2, 0) is 14.3 Å². The van der Waals surface area contributed by atoms with E-state index in [2.05, 4.69) is 20.8 Å². The van der Waals surface area contributed by atoms with Crippen molar-refractivity contribution in [1.82, 2.24) is 0 Å². The number of nitrogens with two attached hydrogens (primary N) is 1. The fourth-order valence-electron chi connectivity index (χ4n) is 9.04. The molecule has 4 aliphatic carbocycles. The van der Waals surface area contributed by atoms with Crippen molar-refractivity contribution in [3.05, 3.63) is 0 Å². The Morgan fingerprint density at radius 3 is 2.41 bits per heavy atom. The van der Waals surface area contributed by atoms with Crippen molar-refractivity contribution in [2.45, 2.75) is 97.1 Å². The van der Waals surface area contributed by atoms with E-state index in [1.54, 1.807) is 0 Å². The second-order valence-electron chi connectivity index (χ2n) is 12.1. The molecule has 4 aliphatic rings. The van der Waals surface area contributed by atoms with Crippen LogP contribution >= 0.6 is 0 Å². The molecule has 32 heavy (non-hydrogen) atoms. The maximum absolute atomic E-state index is 12.1. The molecule has 182 valence electrons. The van der Waals surface area contributed by atoms with Gasteiger partial charge in [-0.3, -0.25) is 9.59 Å². The van der Waals surface area contributed by atoms with E-state index in [1.807, 2.05) is 0 Å². The van der Waals surface area contributed by atoms with E-state index in [-0.39, 0.29) is 24.0 Å². The number of carbonyl (C=O) groups is 2. The molecule has 0 aliphatic heterocycles. The first kappa shape index (κ1) is 24.0. The number of aliphatic carboxylic acids is 1. The summed E-state index contributed by atoms with van der Waals surface area (Å²) in [7, 11) is 0. The maximum Gasteiger partial charge on any atom is 0.325 e. The summed E-state index contributed by atoms with van der Waals surface area (Å²) in [6.45, 7) is 6.75. The largest absolute Gasteiger partial charge is 0.481 e. The number of fused-ring (bicyclic) bond motifs is 5. The highest BCUT2D eigenvalue weighted by Crippen LogP contribution is 2.68. The average molecular weight is 450 g/mol. The molecule has 0 aromatic carbocycles. The predicted molar refractivity (Wildman–Crippen MR) is 122 cm³/mol. The van der Waals surface area contributed by atoms with Gasteiger partial charge in [-0.15, -0.1) is 0 Å². The number of esters is 1. The summed E-state index contributed by atoms with van der Waals surface area (Å²) in [6.07, 6.45) is 10.5. The van der Waals surface area contributed by atoms with Gasteiger partial charge in [0, 0.05) is 6.42 Å². The van der Waals surface area contributed by atoms with E-state index < -0.39 is 18.0 Å². The summed E-state index contributed by atoms with van der Waals surface area (Å²) in [6, 6.07) is -0.936. The highest BCUT2D eigenvalue weighted by Gasteiger charge is 2.60. The second kappa shape index (κ2) is 8.90. The first-order valence-electron chi connectivity index (χ1n) is 12.9. The number of carboxylic acid groups (broad SMARTS) is 1. The molecule has 10 atom stereocenters. The molecule has 0 spiro atoms. The Labute approximate surface area is 192 Å². The molecule has 0 heterocycles. The molecule has 0 bridgehead atoms. The van der Waals surface area contributed by atoms with E-state index >= 15 is 0 Å². The minimum atomic E-state index is -0.936. The number of carbonyl (C=O) groups excluding carboxylic acids is 1. The molecule has 6 nitrogen and oxygen atoms in total. The van der Waals surface area contributed by atoms with Gasteiger partial charge in [0.15, 0.2) is 0 Å². The Morgan fingerprint density at radius 1 is 1.03 bits per heavy atom. The normalized spacial score (nSPS) is 45.2. The van der Waals surface area contributed by atoms with Crippen LogP contribution in [0, 0.1) is 46.3 Å². The lowest BCUT2D eigenvalue weighted by Gasteiger charge is -2.61. The minimum absolute atomic E-state index is 0.0729. The van der Waals surface area contributed by atoms with Crippen molar-refractivity contribution < 1.29 is 24.5 Å². The molecular formula is C26H43NO5. The molecular weight excluding hydrogens is 406 g/mol. The van der Waals surface area contributed by atoms with E-state index in [9.17, 15) is 14.7 Å². The number of aliphatic hydroxyl groups excluding tert-OH is 1. The number of hydrogen-bond acceptors (Lipinski definition) is 5. The van der Waals surface area contributed by atoms with Crippen LogP contribution in [0.5, 0.6) is 0 Å². The van der Waals surface area contributed by atoms with Crippen molar-refractivity contribution in [2.75, 3.05) is 6.61 Å². The Bertz CT molecular complexity index is 727. The third-order valence-electron chi connectivity index (χ3n) is 10.7. The van der Waals surface area contributed by atoms with E-state index in [0.29, 0.717) is 23.7 Å². The SMILES string of the molecule is C[C@H](CC(=O)O)C1CCC2C3CCC4C[C@H](OC(=O)[C@@H](N)CO)CC[C@]4(C)C3CC[C@@]21C. The van der Waals surface area contributed by atoms with Gasteiger partial charge in [0.05, 0.1) is 6.61 Å². The topological polar surface area (TPSA) is 110 Å². The number of rotatable bonds is 6. The first-order valence-corrected chi connectivity index (χ1v) is 12.9. The molecule has 0 aromatic rings. The highest BCUT2D eigenvalue weighted by molar-refractivity contribution is 5.75. The van der Waals surface area contributed by atoms with Crippen LogP contribution < -0.4 is 5.73 Å². The molecule has 0 amide bonds. The summed E-state index contributed by atoms with van der Waals surface area (Å²) in [4.78, 5) is 23.4. The van der Waals surface area contributed by atoms with Crippen LogP contribution in [0.2, 0.25) is 0 Å². The summed E-state index contributed by atoms with van der Waals surface area (Å²) in [5.41, 5.74) is 6.23. The van der Waals surface area contributed by atoms with Crippen LogP contribution in [0.15, 0.2) is 0 Å². The molecule has 0 aromatic heterocycles. The van der Waals surface area contributed by atoms with Crippen LogP contribution in [0.25, 0.3) is 0 Å². The molecule has 4 N–H and O–H groups in total. The van der Waals surface area contributed by atoms with Gasteiger partial charge in [-0.25, -0.2) is 0 Å². The number of hydrogen-bond donors (Lipinski definition) is 3. The Hall–Kier alpha value is -1.14. The third-order valence-corrected chi connectivity index (χ3v) is 10.7. The fraction of sp³-hybridized carbons (Fsp3) is 0.923. The van der Waals surface area contributed by atoms with Gasteiger partial charge in [0.2, 0.25) is 0 Å². The number of carboxylic acids is 1. The average Bonchev–Trinajstić information content (AvgIpc) is 3.10. The van der Waals surface area contributed by atoms with Gasteiger partial charge in [-0.2, -0.15) is 0 Å². The molecule has 6 heteroatoms. The molecule has 4 rings (SSSR count). The minimum Gasteiger partial charge on any atom is -0.481 e. The van der Waals surface area contributed by atoms with Crippen molar-refractivity contribution in [2.24, 2.45) is 52.1 Å². The zero-order valence-electron chi connectivity index (χ0n) is 20.1. The lowest BCUT2D eigenvalue weighted by molar-refractivity contribution is -0.165. The summed E-state index contributed by atoms with van der Waals surface area (Å²) in [5, 5.41) is 18.5. The van der Waals surface area contributed by atoms with Gasteiger partial charge in [-0.1, -0.05) is 20.8 Å². The van der Waals surface area contributed by atoms with E-state index in [4.69, 9.17) is 15.6 Å². The van der Waals surface area contributed by atoms with Crippen molar-refractivity contribution in [3.63, 3.8) is 0 Å². The van der Waals surface area contributed by atoms with Crippen LogP contribution in [0.1, 0.15) is 85.0 Å². The lowest BCUT2D eigenvalue weighted by Crippen LogP contribution is -2.54. The maximum atomic E-state index is 12.1. The lowest BCUT2D eigenvalue weighted by atomic mass is 9.44. The van der Waals surface area contributed by atoms with E-state index in [1.165, 1.54) is 38.5 Å². The van der Waals surface area contributed by atoms with Gasteiger partial charge in [-0.05, 0) is 104 Å². The van der Waals surface area contributed by atoms with Crippen LogP contribution in [0.3, 0.4) is 0 Å². The molecule has 4 fully saturated rings. The smallest absolute Gasteiger partial charge is 0.325 e. The fourth-order valence-corrected chi connectivity index (χ4v) is 9.04. The van der Waals surface area contributed by atoms with Crippen molar-refractivity contribution in [1.29, 1.82) is 0 Å². The zero-order valence-corrected chi connectivity index (χ0v) is 20.1. The van der Waals surface area contributed by atoms with Gasteiger partial charge < -0.3 is 20.7 Å².